The summed E-state index contributed by atoms with van der Waals surface area (Å²) in [5.41, 5.74) is 0.585. The van der Waals surface area contributed by atoms with Crippen LogP contribution in [-0.2, 0) is 9.53 Å². The van der Waals surface area contributed by atoms with Crippen molar-refractivity contribution >= 4 is 12.0 Å². The van der Waals surface area contributed by atoms with Crippen molar-refractivity contribution in [1.82, 2.24) is 4.98 Å². The number of aromatic nitrogens is 1. The van der Waals surface area contributed by atoms with E-state index in [0.29, 0.717) is 18.1 Å². The molecule has 0 amide bonds. The topological polar surface area (TPSA) is 68.7 Å². The highest BCUT2D eigenvalue weighted by atomic mass is 16.5. The van der Waals surface area contributed by atoms with E-state index in [0.717, 1.165) is 25.5 Å². The molecule has 0 bridgehead atoms. The molecular formula is C13H15NO4. The van der Waals surface area contributed by atoms with Crippen molar-refractivity contribution in [3.8, 4) is 5.75 Å². The van der Waals surface area contributed by atoms with Gasteiger partial charge in [-0.3, -0.25) is 4.98 Å². The molecule has 0 saturated carbocycles. The van der Waals surface area contributed by atoms with Crippen molar-refractivity contribution in [3.63, 3.8) is 0 Å². The molecule has 2 rings (SSSR count). The third kappa shape index (κ3) is 3.85. The number of carboxylic acid groups (broad SMARTS) is 1. The van der Waals surface area contributed by atoms with Gasteiger partial charge in [-0.1, -0.05) is 0 Å². The predicted octanol–water partition coefficient (Wildman–Crippen LogP) is 1.74. The van der Waals surface area contributed by atoms with Crippen molar-refractivity contribution in [2.75, 3.05) is 13.2 Å². The Labute approximate surface area is 105 Å². The smallest absolute Gasteiger partial charge is 0.328 e. The largest absolute Gasteiger partial charge is 0.489 e. The lowest BCUT2D eigenvalue weighted by Gasteiger charge is -2.10. The van der Waals surface area contributed by atoms with Gasteiger partial charge in [-0.2, -0.15) is 0 Å². The Balaban J connectivity index is 1.85. The number of ether oxygens (including phenoxy) is 2. The number of carboxylic acids is 1. The lowest BCUT2D eigenvalue weighted by molar-refractivity contribution is -0.131. The van der Waals surface area contributed by atoms with E-state index in [9.17, 15) is 4.79 Å². The van der Waals surface area contributed by atoms with E-state index in [2.05, 4.69) is 4.98 Å². The summed E-state index contributed by atoms with van der Waals surface area (Å²) in [7, 11) is 0. The van der Waals surface area contributed by atoms with Gasteiger partial charge >= 0.3 is 5.97 Å². The number of nitrogens with zero attached hydrogens (tertiary/aromatic N) is 1. The zero-order valence-electron chi connectivity index (χ0n) is 9.91. The second-order valence-corrected chi connectivity index (χ2v) is 4.04. The Kier molecular flexibility index (Phi) is 4.30. The minimum atomic E-state index is -0.990. The van der Waals surface area contributed by atoms with Gasteiger partial charge in [-0.25, -0.2) is 4.79 Å². The molecular weight excluding hydrogens is 234 g/mol. The van der Waals surface area contributed by atoms with Crippen LogP contribution in [0.5, 0.6) is 5.75 Å². The van der Waals surface area contributed by atoms with Crippen LogP contribution < -0.4 is 4.74 Å². The van der Waals surface area contributed by atoms with Gasteiger partial charge in [0.1, 0.15) is 12.4 Å². The lowest BCUT2D eigenvalue weighted by Crippen LogP contribution is -2.16. The third-order valence-electron chi connectivity index (χ3n) is 2.62. The molecule has 5 nitrogen and oxygen atoms in total. The van der Waals surface area contributed by atoms with Crippen molar-refractivity contribution < 1.29 is 19.4 Å². The molecule has 1 fully saturated rings. The van der Waals surface area contributed by atoms with E-state index in [4.69, 9.17) is 14.6 Å². The first-order chi connectivity index (χ1) is 8.74. The summed E-state index contributed by atoms with van der Waals surface area (Å²) in [6, 6.07) is 3.48. The molecule has 1 atom stereocenters. The molecule has 0 spiro atoms. The van der Waals surface area contributed by atoms with E-state index < -0.39 is 5.97 Å². The van der Waals surface area contributed by atoms with E-state index in [1.807, 2.05) is 0 Å². The van der Waals surface area contributed by atoms with Crippen molar-refractivity contribution in [3.05, 3.63) is 30.1 Å². The maximum atomic E-state index is 10.3. The first-order valence-corrected chi connectivity index (χ1v) is 5.85. The Bertz CT molecular complexity index is 421. The van der Waals surface area contributed by atoms with Crippen molar-refractivity contribution in [1.29, 1.82) is 0 Å². The fraction of sp³-hybridized carbons (Fsp3) is 0.385. The predicted molar refractivity (Wildman–Crippen MR) is 65.4 cm³/mol. The number of rotatable bonds is 5. The number of aliphatic carboxylic acids is 1. The van der Waals surface area contributed by atoms with Gasteiger partial charge in [0, 0.05) is 12.7 Å². The Morgan fingerprint density at radius 2 is 2.50 bits per heavy atom. The molecule has 1 aliphatic rings. The lowest BCUT2D eigenvalue weighted by atomic mass is 10.2. The highest BCUT2D eigenvalue weighted by Gasteiger charge is 2.15. The molecule has 1 aromatic rings. The number of carbonyl (C=O) groups is 1. The third-order valence-corrected chi connectivity index (χ3v) is 2.62. The Morgan fingerprint density at radius 3 is 3.11 bits per heavy atom. The summed E-state index contributed by atoms with van der Waals surface area (Å²) >= 11 is 0. The quantitative estimate of drug-likeness (QED) is 0.805. The van der Waals surface area contributed by atoms with E-state index in [1.165, 1.54) is 6.08 Å². The first kappa shape index (κ1) is 12.6. The first-order valence-electron chi connectivity index (χ1n) is 5.85. The van der Waals surface area contributed by atoms with E-state index in [1.54, 1.807) is 18.3 Å². The Morgan fingerprint density at radius 1 is 1.61 bits per heavy atom. The summed E-state index contributed by atoms with van der Waals surface area (Å²) in [5.74, 6) is -0.325. The fourth-order valence-corrected chi connectivity index (χ4v) is 1.70. The average molecular weight is 249 g/mol. The van der Waals surface area contributed by atoms with Crippen molar-refractivity contribution in [2.24, 2.45) is 0 Å². The van der Waals surface area contributed by atoms with E-state index >= 15 is 0 Å². The molecule has 2 heterocycles. The summed E-state index contributed by atoms with van der Waals surface area (Å²) in [6.07, 6.45) is 6.37. The Hall–Kier alpha value is -1.88. The average Bonchev–Trinajstić information content (AvgIpc) is 2.88. The van der Waals surface area contributed by atoms with E-state index in [-0.39, 0.29) is 6.10 Å². The zero-order chi connectivity index (χ0) is 12.8. The van der Waals surface area contributed by atoms with Crippen LogP contribution in [0.3, 0.4) is 0 Å². The van der Waals surface area contributed by atoms with Crippen LogP contribution in [0.4, 0.5) is 0 Å². The van der Waals surface area contributed by atoms with Crippen LogP contribution in [0.1, 0.15) is 18.5 Å². The second kappa shape index (κ2) is 6.16. The zero-order valence-corrected chi connectivity index (χ0v) is 9.91. The normalized spacial score (nSPS) is 19.2. The van der Waals surface area contributed by atoms with Gasteiger partial charge in [0.05, 0.1) is 18.0 Å². The molecule has 96 valence electrons. The number of hydrogen-bond donors (Lipinski definition) is 1. The molecule has 1 aliphatic heterocycles. The monoisotopic (exact) mass is 249 g/mol. The van der Waals surface area contributed by atoms with Gasteiger partial charge in [0.25, 0.3) is 0 Å². The molecule has 1 aromatic heterocycles. The summed E-state index contributed by atoms with van der Waals surface area (Å²) < 4.78 is 11.0. The summed E-state index contributed by atoms with van der Waals surface area (Å²) in [5, 5.41) is 8.48. The van der Waals surface area contributed by atoms with Gasteiger partial charge in [0.2, 0.25) is 0 Å². The van der Waals surface area contributed by atoms with Crippen molar-refractivity contribution in [2.45, 2.75) is 18.9 Å². The summed E-state index contributed by atoms with van der Waals surface area (Å²) in [6.45, 7) is 1.34. The maximum Gasteiger partial charge on any atom is 0.328 e. The molecule has 1 unspecified atom stereocenters. The minimum absolute atomic E-state index is 0.177. The molecule has 1 saturated heterocycles. The minimum Gasteiger partial charge on any atom is -0.489 e. The van der Waals surface area contributed by atoms with Crippen LogP contribution in [0.25, 0.3) is 6.08 Å². The highest BCUT2D eigenvalue weighted by molar-refractivity contribution is 5.84. The molecule has 18 heavy (non-hydrogen) atoms. The maximum absolute atomic E-state index is 10.3. The molecule has 0 aliphatic carbocycles. The standard InChI is InChI=1S/C13H15NO4/c15-13(16)6-4-10-3-5-11(8-14-10)18-9-12-2-1-7-17-12/h3-6,8,12H,1-2,7,9H2,(H,15,16). The van der Waals surface area contributed by atoms with Crippen LogP contribution in [0.15, 0.2) is 24.4 Å². The number of hydrogen-bond acceptors (Lipinski definition) is 4. The van der Waals surface area contributed by atoms with Crippen LogP contribution in [0, 0.1) is 0 Å². The SMILES string of the molecule is O=C(O)C=Cc1ccc(OCC2CCCO2)cn1. The second-order valence-electron chi connectivity index (χ2n) is 4.04. The van der Waals surface area contributed by atoms with Crippen LogP contribution in [0.2, 0.25) is 0 Å². The van der Waals surface area contributed by atoms with Gasteiger partial charge < -0.3 is 14.6 Å². The van der Waals surface area contributed by atoms with Crippen LogP contribution >= 0.6 is 0 Å². The summed E-state index contributed by atoms with van der Waals surface area (Å²) in [4.78, 5) is 14.4. The number of pyridine rings is 1. The highest BCUT2D eigenvalue weighted by Crippen LogP contribution is 2.15. The molecule has 0 radical (unpaired) electrons. The fourth-order valence-electron chi connectivity index (χ4n) is 1.70. The molecule has 0 aromatic carbocycles. The van der Waals surface area contributed by atoms with Gasteiger partial charge in [-0.15, -0.1) is 0 Å². The van der Waals surface area contributed by atoms with Crippen LogP contribution in [-0.4, -0.2) is 35.4 Å². The molecule has 1 N–H and O–H groups in total. The molecule has 5 heteroatoms. The van der Waals surface area contributed by atoms with Gasteiger partial charge in [0.15, 0.2) is 0 Å². The van der Waals surface area contributed by atoms with Gasteiger partial charge in [-0.05, 0) is 31.1 Å².